The van der Waals surface area contributed by atoms with E-state index < -0.39 is 0 Å². The quantitative estimate of drug-likeness (QED) is 0.558. The summed E-state index contributed by atoms with van der Waals surface area (Å²) in [6.45, 7) is 6.82. The van der Waals surface area contributed by atoms with Crippen molar-refractivity contribution in [3.05, 3.63) is 17.5 Å². The topological polar surface area (TPSA) is 84.9 Å². The van der Waals surface area contributed by atoms with E-state index in [1.807, 2.05) is 6.92 Å². The lowest BCUT2D eigenvalue weighted by molar-refractivity contribution is 0.217. The van der Waals surface area contributed by atoms with E-state index in [-0.39, 0.29) is 5.84 Å². The zero-order chi connectivity index (χ0) is 14.3. The van der Waals surface area contributed by atoms with Crippen LogP contribution in [0.15, 0.2) is 6.07 Å². The summed E-state index contributed by atoms with van der Waals surface area (Å²) in [7, 11) is 0. The van der Waals surface area contributed by atoms with E-state index in [1.165, 1.54) is 19.3 Å². The number of rotatable bonds is 8. The highest BCUT2D eigenvalue weighted by atomic mass is 16.5. The average Bonchev–Trinajstić information content (AvgIpc) is 2.38. The zero-order valence-corrected chi connectivity index (χ0v) is 12.1. The third-order valence-corrected chi connectivity index (χ3v) is 3.10. The summed E-state index contributed by atoms with van der Waals surface area (Å²) in [6, 6.07) is 2.00. The van der Waals surface area contributed by atoms with E-state index in [9.17, 15) is 0 Å². The van der Waals surface area contributed by atoms with Gasteiger partial charge in [-0.25, -0.2) is 4.98 Å². The van der Waals surface area contributed by atoms with E-state index in [0.717, 1.165) is 12.1 Å². The molecule has 0 radical (unpaired) electrons. The molecule has 1 aromatic rings. The van der Waals surface area contributed by atoms with Crippen LogP contribution in [0.1, 0.15) is 50.9 Å². The molecule has 5 heteroatoms. The predicted molar refractivity (Wildman–Crippen MR) is 76.6 cm³/mol. The van der Waals surface area contributed by atoms with Crippen molar-refractivity contribution in [2.45, 2.75) is 46.5 Å². The van der Waals surface area contributed by atoms with Gasteiger partial charge >= 0.3 is 6.01 Å². The van der Waals surface area contributed by atoms with Gasteiger partial charge < -0.3 is 10.5 Å². The van der Waals surface area contributed by atoms with E-state index in [1.54, 1.807) is 6.07 Å². The summed E-state index contributed by atoms with van der Waals surface area (Å²) in [5, 5.41) is 7.40. The number of nitrogens with zero attached hydrogens (tertiary/aromatic N) is 2. The van der Waals surface area contributed by atoms with Crippen LogP contribution >= 0.6 is 0 Å². The van der Waals surface area contributed by atoms with Gasteiger partial charge in [0.25, 0.3) is 0 Å². The second-order valence-corrected chi connectivity index (χ2v) is 4.82. The van der Waals surface area contributed by atoms with Crippen molar-refractivity contribution >= 4 is 5.84 Å². The number of hydrogen-bond acceptors (Lipinski definition) is 4. The van der Waals surface area contributed by atoms with Crippen LogP contribution in [0.3, 0.4) is 0 Å². The first-order valence-corrected chi connectivity index (χ1v) is 6.89. The molecule has 0 saturated carbocycles. The van der Waals surface area contributed by atoms with Crippen LogP contribution in [0.2, 0.25) is 0 Å². The monoisotopic (exact) mass is 264 g/mol. The summed E-state index contributed by atoms with van der Waals surface area (Å²) in [5.74, 6) is 0.471. The predicted octanol–water partition coefficient (Wildman–Crippen LogP) is 2.66. The van der Waals surface area contributed by atoms with Gasteiger partial charge in [-0.15, -0.1) is 0 Å². The highest BCUT2D eigenvalue weighted by molar-refractivity contribution is 5.93. The summed E-state index contributed by atoms with van der Waals surface area (Å²) in [5.41, 5.74) is 6.62. The lowest BCUT2D eigenvalue weighted by atomic mass is 10.0. The molecule has 5 nitrogen and oxygen atoms in total. The van der Waals surface area contributed by atoms with Gasteiger partial charge in [-0.1, -0.05) is 33.1 Å². The Bertz CT molecular complexity index is 420. The van der Waals surface area contributed by atoms with Crippen molar-refractivity contribution < 1.29 is 4.74 Å². The lowest BCUT2D eigenvalue weighted by Gasteiger charge is -2.15. The molecule has 0 spiro atoms. The lowest BCUT2D eigenvalue weighted by Crippen LogP contribution is -2.17. The van der Waals surface area contributed by atoms with Crippen molar-refractivity contribution in [3.63, 3.8) is 0 Å². The first-order valence-electron chi connectivity index (χ1n) is 6.89. The maximum atomic E-state index is 7.40. The molecule has 0 aliphatic carbocycles. The van der Waals surface area contributed by atoms with Gasteiger partial charge in [-0.2, -0.15) is 4.98 Å². The molecule has 19 heavy (non-hydrogen) atoms. The van der Waals surface area contributed by atoms with Gasteiger partial charge in [0, 0.05) is 5.69 Å². The third kappa shape index (κ3) is 5.24. The van der Waals surface area contributed by atoms with Crippen LogP contribution in [0, 0.1) is 18.3 Å². The number of aromatic nitrogens is 2. The number of unbranched alkanes of at least 4 members (excludes halogenated alkanes) is 1. The highest BCUT2D eigenvalue weighted by Crippen LogP contribution is 2.14. The number of hydrogen-bond donors (Lipinski definition) is 2. The molecule has 0 fully saturated rings. The Hall–Kier alpha value is -1.65. The molecule has 0 aromatic carbocycles. The fraction of sp³-hybridized carbons (Fsp3) is 0.643. The molecule has 0 amide bonds. The second-order valence-electron chi connectivity index (χ2n) is 4.82. The van der Waals surface area contributed by atoms with Crippen LogP contribution in [0.4, 0.5) is 0 Å². The molecule has 1 aromatic heterocycles. The van der Waals surface area contributed by atoms with Crippen molar-refractivity contribution in [3.8, 4) is 6.01 Å². The summed E-state index contributed by atoms with van der Waals surface area (Å²) >= 11 is 0. The molecule has 1 atom stereocenters. The molecule has 106 valence electrons. The average molecular weight is 264 g/mol. The maximum Gasteiger partial charge on any atom is 0.317 e. The molecule has 0 aliphatic rings. The second kappa shape index (κ2) is 7.71. The summed E-state index contributed by atoms with van der Waals surface area (Å²) in [4.78, 5) is 8.35. The Morgan fingerprint density at radius 3 is 2.74 bits per heavy atom. The van der Waals surface area contributed by atoms with Crippen LogP contribution in [0.25, 0.3) is 0 Å². The number of ether oxygens (including phenoxy) is 1. The van der Waals surface area contributed by atoms with Gasteiger partial charge in [0.2, 0.25) is 0 Å². The minimum Gasteiger partial charge on any atom is -0.463 e. The van der Waals surface area contributed by atoms with Gasteiger partial charge in [-0.3, -0.25) is 5.41 Å². The molecule has 0 saturated heterocycles. The Kier molecular flexibility index (Phi) is 6.25. The van der Waals surface area contributed by atoms with E-state index in [2.05, 4.69) is 23.8 Å². The molecular formula is C14H24N4O. The molecule has 3 N–H and O–H groups in total. The Morgan fingerprint density at radius 1 is 1.42 bits per heavy atom. The van der Waals surface area contributed by atoms with Crippen molar-refractivity contribution in [1.82, 2.24) is 9.97 Å². The van der Waals surface area contributed by atoms with Crippen LogP contribution in [-0.2, 0) is 0 Å². The Morgan fingerprint density at radius 2 is 2.16 bits per heavy atom. The SMILES string of the molecule is CCCCC(CC)COc1nc(C)cc(C(=N)N)n1. The third-order valence-electron chi connectivity index (χ3n) is 3.10. The normalized spacial score (nSPS) is 12.2. The first-order chi connectivity index (χ1) is 9.06. The van der Waals surface area contributed by atoms with Gasteiger partial charge in [-0.05, 0) is 25.3 Å². The summed E-state index contributed by atoms with van der Waals surface area (Å²) < 4.78 is 5.65. The van der Waals surface area contributed by atoms with Gasteiger partial charge in [0.15, 0.2) is 0 Å². The van der Waals surface area contributed by atoms with Crippen LogP contribution in [0.5, 0.6) is 6.01 Å². The Balaban J connectivity index is 2.63. The zero-order valence-electron chi connectivity index (χ0n) is 12.1. The van der Waals surface area contributed by atoms with Gasteiger partial charge in [0.1, 0.15) is 11.5 Å². The summed E-state index contributed by atoms with van der Waals surface area (Å²) in [6.07, 6.45) is 4.67. The number of nitrogens with one attached hydrogen (secondary N) is 1. The smallest absolute Gasteiger partial charge is 0.317 e. The molecule has 1 rings (SSSR count). The van der Waals surface area contributed by atoms with E-state index >= 15 is 0 Å². The fourth-order valence-electron chi connectivity index (χ4n) is 1.83. The molecule has 1 heterocycles. The fourth-order valence-corrected chi connectivity index (χ4v) is 1.83. The standard InChI is InChI=1S/C14H24N4O/c1-4-6-7-11(5-2)9-19-14-17-10(3)8-12(18-14)13(15)16/h8,11H,4-7,9H2,1-3H3,(H3,15,16). The number of nitrogens with two attached hydrogens (primary N) is 1. The minimum atomic E-state index is -0.0617. The highest BCUT2D eigenvalue weighted by Gasteiger charge is 2.10. The molecular weight excluding hydrogens is 240 g/mol. The maximum absolute atomic E-state index is 7.40. The largest absolute Gasteiger partial charge is 0.463 e. The van der Waals surface area contributed by atoms with Crippen molar-refractivity contribution in [1.29, 1.82) is 5.41 Å². The van der Waals surface area contributed by atoms with E-state index in [0.29, 0.717) is 24.2 Å². The van der Waals surface area contributed by atoms with Crippen molar-refractivity contribution in [2.24, 2.45) is 11.7 Å². The van der Waals surface area contributed by atoms with Crippen LogP contribution in [-0.4, -0.2) is 22.4 Å². The van der Waals surface area contributed by atoms with E-state index in [4.69, 9.17) is 15.9 Å². The number of nitrogen functional groups attached to an aromatic ring is 1. The Labute approximate surface area is 115 Å². The molecule has 0 aliphatic heterocycles. The van der Waals surface area contributed by atoms with Gasteiger partial charge in [0.05, 0.1) is 6.61 Å². The van der Waals surface area contributed by atoms with Crippen LogP contribution < -0.4 is 10.5 Å². The molecule has 0 bridgehead atoms. The minimum absolute atomic E-state index is 0.0617. The molecule has 1 unspecified atom stereocenters. The number of amidine groups is 1. The number of aryl methyl sites for hydroxylation is 1. The first kappa shape index (κ1) is 15.4. The van der Waals surface area contributed by atoms with Crippen molar-refractivity contribution in [2.75, 3.05) is 6.61 Å².